The highest BCUT2D eigenvalue weighted by Crippen LogP contribution is 2.23. The number of benzene rings is 1. The Morgan fingerprint density at radius 3 is 2.79 bits per heavy atom. The first kappa shape index (κ1) is 20.6. The van der Waals surface area contributed by atoms with E-state index in [1.807, 2.05) is 30.3 Å². The van der Waals surface area contributed by atoms with Crippen LogP contribution in [0.2, 0.25) is 0 Å². The van der Waals surface area contributed by atoms with E-state index in [2.05, 4.69) is 5.16 Å². The molecular weight excluding hydrogens is 378 g/mol. The van der Waals surface area contributed by atoms with Gasteiger partial charge in [0.2, 0.25) is 0 Å². The molecule has 0 bridgehead atoms. The number of rotatable bonds is 10. The van der Waals surface area contributed by atoms with Gasteiger partial charge in [0, 0.05) is 26.6 Å². The van der Waals surface area contributed by atoms with Crippen molar-refractivity contribution in [2.45, 2.75) is 46.0 Å². The monoisotopic (exact) mass is 403 g/mol. The van der Waals surface area contributed by atoms with Crippen LogP contribution in [-0.4, -0.2) is 29.2 Å². The Morgan fingerprint density at radius 2 is 2.07 bits per heavy atom. The topological polar surface area (TPSA) is 70.8 Å². The molecule has 1 aromatic carbocycles. The molecule has 3 rings (SSSR count). The van der Waals surface area contributed by atoms with Crippen molar-refractivity contribution in [3.8, 4) is 0 Å². The highest BCUT2D eigenvalue weighted by Gasteiger charge is 2.24. The van der Waals surface area contributed by atoms with E-state index in [1.54, 1.807) is 6.92 Å². The summed E-state index contributed by atoms with van der Waals surface area (Å²) in [5, 5.41) is 4.41. The minimum atomic E-state index is -0.0504. The van der Waals surface area contributed by atoms with Crippen molar-refractivity contribution in [3.05, 3.63) is 52.9 Å². The fourth-order valence-electron chi connectivity index (χ4n) is 3.10. The fourth-order valence-corrected chi connectivity index (χ4v) is 3.16. The second-order valence-corrected chi connectivity index (χ2v) is 7.46. The molecular formula is C21H25NO5S. The lowest BCUT2D eigenvalue weighted by atomic mass is 9.99. The summed E-state index contributed by atoms with van der Waals surface area (Å²) in [6.07, 6.45) is 2.21. The van der Waals surface area contributed by atoms with Crippen LogP contribution in [0, 0.1) is 5.92 Å². The fraction of sp³-hybridized carbons (Fsp3) is 0.476. The molecule has 0 spiro atoms. The molecule has 1 aromatic heterocycles. The maximum absolute atomic E-state index is 12.7. The van der Waals surface area contributed by atoms with Gasteiger partial charge in [0.15, 0.2) is 22.3 Å². The zero-order valence-corrected chi connectivity index (χ0v) is 16.8. The molecule has 150 valence electrons. The van der Waals surface area contributed by atoms with Crippen LogP contribution < -0.4 is 0 Å². The van der Waals surface area contributed by atoms with E-state index < -0.39 is 0 Å². The van der Waals surface area contributed by atoms with Crippen LogP contribution in [0.5, 0.6) is 0 Å². The number of Topliss-reactive ketones (excluding diaryl/α,β-unsaturated/α-hetero) is 1. The van der Waals surface area contributed by atoms with Crippen LogP contribution >= 0.6 is 12.2 Å². The van der Waals surface area contributed by atoms with Crippen LogP contribution in [0.15, 0.2) is 34.9 Å². The highest BCUT2D eigenvalue weighted by molar-refractivity contribution is 7.80. The van der Waals surface area contributed by atoms with Gasteiger partial charge in [-0.2, -0.15) is 0 Å². The van der Waals surface area contributed by atoms with Crippen LogP contribution in [0.25, 0.3) is 0 Å². The number of carbonyl (C=O) groups excluding carboxylic acids is 1. The normalized spacial score (nSPS) is 16.2. The lowest BCUT2D eigenvalue weighted by Gasteiger charge is -2.08. The van der Waals surface area contributed by atoms with Gasteiger partial charge in [-0.15, -0.1) is 0 Å². The van der Waals surface area contributed by atoms with Gasteiger partial charge in [-0.1, -0.05) is 35.5 Å². The molecule has 0 saturated carbocycles. The molecule has 28 heavy (non-hydrogen) atoms. The molecule has 0 aliphatic carbocycles. The van der Waals surface area contributed by atoms with E-state index in [9.17, 15) is 4.79 Å². The van der Waals surface area contributed by atoms with Crippen LogP contribution in [0.4, 0.5) is 0 Å². The van der Waals surface area contributed by atoms with Crippen molar-refractivity contribution in [1.82, 2.24) is 5.16 Å². The highest BCUT2D eigenvalue weighted by atomic mass is 32.1. The molecule has 2 aromatic rings. The molecule has 1 saturated heterocycles. The molecule has 7 heteroatoms. The Labute approximate surface area is 170 Å². The molecule has 1 aliphatic heterocycles. The number of aromatic nitrogens is 1. The minimum absolute atomic E-state index is 0.0504. The zero-order chi connectivity index (χ0) is 19.8. The standard InChI is InChI=1S/C21H25NO5S/c1-15(28)26-13-18-20(14-25-12-16-5-3-2-4-6-16)27-22-21(18)19(23)8-7-17-9-10-24-11-17/h2-6,17H,7-14H2,1H3. The van der Waals surface area contributed by atoms with Gasteiger partial charge < -0.3 is 18.7 Å². The largest absolute Gasteiger partial charge is 0.482 e. The van der Waals surface area contributed by atoms with Gasteiger partial charge in [0.05, 0.1) is 12.2 Å². The van der Waals surface area contributed by atoms with Gasteiger partial charge in [0.25, 0.3) is 0 Å². The summed E-state index contributed by atoms with van der Waals surface area (Å²) in [4.78, 5) is 12.7. The summed E-state index contributed by atoms with van der Waals surface area (Å²) in [5.74, 6) is 0.887. The van der Waals surface area contributed by atoms with E-state index in [4.69, 9.17) is 31.0 Å². The van der Waals surface area contributed by atoms with Crippen LogP contribution in [0.1, 0.15) is 53.6 Å². The lowest BCUT2D eigenvalue weighted by molar-refractivity contribution is 0.0864. The average molecular weight is 404 g/mol. The molecule has 1 unspecified atom stereocenters. The minimum Gasteiger partial charge on any atom is -0.482 e. The summed E-state index contributed by atoms with van der Waals surface area (Å²) < 4.78 is 22.0. The van der Waals surface area contributed by atoms with Gasteiger partial charge in [0.1, 0.15) is 13.2 Å². The molecule has 0 N–H and O–H groups in total. The number of hydrogen-bond acceptors (Lipinski definition) is 7. The summed E-state index contributed by atoms with van der Waals surface area (Å²) in [6, 6.07) is 9.85. The smallest absolute Gasteiger partial charge is 0.185 e. The van der Waals surface area contributed by atoms with Crippen molar-refractivity contribution >= 4 is 23.1 Å². The Kier molecular flexibility index (Phi) is 7.71. The maximum atomic E-state index is 12.7. The first-order chi connectivity index (χ1) is 13.6. The number of carbonyl (C=O) groups is 1. The van der Waals surface area contributed by atoms with E-state index >= 15 is 0 Å². The second-order valence-electron chi connectivity index (χ2n) is 6.88. The third-order valence-corrected chi connectivity index (χ3v) is 4.82. The van der Waals surface area contributed by atoms with Crippen molar-refractivity contribution in [3.63, 3.8) is 0 Å². The van der Waals surface area contributed by atoms with Crippen molar-refractivity contribution in [2.24, 2.45) is 5.92 Å². The van der Waals surface area contributed by atoms with Crippen molar-refractivity contribution in [2.75, 3.05) is 13.2 Å². The number of thiocarbonyl (C=S) groups is 1. The maximum Gasteiger partial charge on any atom is 0.185 e. The summed E-state index contributed by atoms with van der Waals surface area (Å²) >= 11 is 4.99. The molecule has 2 heterocycles. The predicted molar refractivity (Wildman–Crippen MR) is 107 cm³/mol. The number of hydrogen-bond donors (Lipinski definition) is 0. The van der Waals surface area contributed by atoms with Gasteiger partial charge in [-0.25, -0.2) is 0 Å². The average Bonchev–Trinajstić information content (AvgIpc) is 3.35. The first-order valence-electron chi connectivity index (χ1n) is 9.47. The zero-order valence-electron chi connectivity index (χ0n) is 16.0. The van der Waals surface area contributed by atoms with E-state index in [0.29, 0.717) is 41.0 Å². The van der Waals surface area contributed by atoms with E-state index in [1.165, 1.54) is 0 Å². The molecule has 1 atom stereocenters. The Morgan fingerprint density at radius 1 is 1.25 bits per heavy atom. The predicted octanol–water partition coefficient (Wildman–Crippen LogP) is 4.25. The molecule has 0 amide bonds. The quantitative estimate of drug-likeness (QED) is 0.434. The third kappa shape index (κ3) is 5.95. The van der Waals surface area contributed by atoms with Gasteiger partial charge >= 0.3 is 0 Å². The molecule has 1 aliphatic rings. The van der Waals surface area contributed by atoms with Gasteiger partial charge in [-0.3, -0.25) is 4.79 Å². The molecule has 0 radical (unpaired) electrons. The lowest BCUT2D eigenvalue weighted by Crippen LogP contribution is -2.10. The number of nitrogens with zero attached hydrogens (tertiary/aromatic N) is 1. The van der Waals surface area contributed by atoms with E-state index in [-0.39, 0.29) is 19.0 Å². The number of ketones is 1. The third-order valence-electron chi connectivity index (χ3n) is 4.70. The summed E-state index contributed by atoms with van der Waals surface area (Å²) in [7, 11) is 0. The second kappa shape index (κ2) is 10.5. The summed E-state index contributed by atoms with van der Waals surface area (Å²) in [5.41, 5.74) is 1.99. The van der Waals surface area contributed by atoms with Gasteiger partial charge in [-0.05, 0) is 36.5 Å². The molecule has 1 fully saturated rings. The Balaban J connectivity index is 1.63. The van der Waals surface area contributed by atoms with Crippen LogP contribution in [0.3, 0.4) is 0 Å². The first-order valence-corrected chi connectivity index (χ1v) is 9.87. The number of ether oxygens (including phenoxy) is 3. The molecule has 6 nitrogen and oxygen atoms in total. The van der Waals surface area contributed by atoms with Crippen molar-refractivity contribution < 1.29 is 23.5 Å². The Bertz CT molecular complexity index is 783. The van der Waals surface area contributed by atoms with E-state index in [0.717, 1.165) is 31.6 Å². The summed E-state index contributed by atoms with van der Waals surface area (Å²) in [6.45, 7) is 4.00. The van der Waals surface area contributed by atoms with Crippen LogP contribution in [-0.2, 0) is 34.0 Å². The Hall–Kier alpha value is -2.09. The SMILES string of the molecule is CC(=S)OCc1c(C(=O)CCC2CCOC2)noc1COCc1ccccc1. The van der Waals surface area contributed by atoms with Crippen molar-refractivity contribution in [1.29, 1.82) is 0 Å².